The van der Waals surface area contributed by atoms with Gasteiger partial charge in [0, 0.05) is 12.2 Å². The van der Waals surface area contributed by atoms with Crippen LogP contribution in [-0.2, 0) is 11.3 Å². The summed E-state index contributed by atoms with van der Waals surface area (Å²) in [5.41, 5.74) is 8.67. The summed E-state index contributed by atoms with van der Waals surface area (Å²) >= 11 is 0. The van der Waals surface area contributed by atoms with Gasteiger partial charge in [-0.05, 0) is 38.0 Å². The fraction of sp³-hybridized carbons (Fsp3) is 0.533. The molecule has 1 aromatic carbocycles. The van der Waals surface area contributed by atoms with Crippen LogP contribution in [0.15, 0.2) is 18.2 Å². The normalized spacial score (nSPS) is 16.5. The van der Waals surface area contributed by atoms with Gasteiger partial charge in [-0.2, -0.15) is 0 Å². The minimum absolute atomic E-state index is 0.478. The molecule has 1 fully saturated rings. The van der Waals surface area contributed by atoms with E-state index in [0.717, 1.165) is 35.7 Å². The Balaban J connectivity index is 1.71. The number of ether oxygens (including phenoxy) is 1. The average molecular weight is 259 g/mol. The molecule has 0 bridgehead atoms. The van der Waals surface area contributed by atoms with Gasteiger partial charge in [0.05, 0.1) is 23.7 Å². The predicted molar refractivity (Wildman–Crippen MR) is 77.1 cm³/mol. The van der Waals surface area contributed by atoms with Crippen molar-refractivity contribution < 1.29 is 4.74 Å². The lowest BCUT2D eigenvalue weighted by atomic mass is 10.3. The van der Waals surface area contributed by atoms with E-state index < -0.39 is 0 Å². The zero-order chi connectivity index (χ0) is 13.2. The van der Waals surface area contributed by atoms with Crippen molar-refractivity contribution in [3.8, 4) is 0 Å². The quantitative estimate of drug-likeness (QED) is 0.859. The Labute approximate surface area is 113 Å². The van der Waals surface area contributed by atoms with Gasteiger partial charge in [0.25, 0.3) is 0 Å². The first-order valence-electron chi connectivity index (χ1n) is 7.08. The number of rotatable bonds is 4. The highest BCUT2D eigenvalue weighted by atomic mass is 16.5. The van der Waals surface area contributed by atoms with Crippen molar-refractivity contribution in [1.29, 1.82) is 0 Å². The van der Waals surface area contributed by atoms with Crippen LogP contribution in [0.5, 0.6) is 0 Å². The third-order valence-electron chi connectivity index (χ3n) is 3.93. The Morgan fingerprint density at radius 1 is 1.37 bits per heavy atom. The maximum atomic E-state index is 5.93. The first-order valence-corrected chi connectivity index (χ1v) is 7.08. The second kappa shape index (κ2) is 5.21. The van der Waals surface area contributed by atoms with Gasteiger partial charge >= 0.3 is 0 Å². The summed E-state index contributed by atoms with van der Waals surface area (Å²) in [6.45, 7) is 3.66. The molecule has 4 heteroatoms. The molecule has 0 aliphatic heterocycles. The highest BCUT2D eigenvalue weighted by Crippen LogP contribution is 2.22. The molecular weight excluding hydrogens is 238 g/mol. The molecule has 102 valence electrons. The fourth-order valence-electron chi connectivity index (χ4n) is 2.92. The predicted octanol–water partition coefficient (Wildman–Crippen LogP) is 2.89. The summed E-state index contributed by atoms with van der Waals surface area (Å²) in [7, 11) is 0. The fourth-order valence-corrected chi connectivity index (χ4v) is 2.92. The molecule has 4 nitrogen and oxygen atoms in total. The molecule has 1 aromatic heterocycles. The second-order valence-corrected chi connectivity index (χ2v) is 5.34. The van der Waals surface area contributed by atoms with Crippen molar-refractivity contribution in [3.63, 3.8) is 0 Å². The number of anilines is 1. The number of benzene rings is 1. The Bertz CT molecular complexity index is 570. The van der Waals surface area contributed by atoms with Crippen molar-refractivity contribution in [2.75, 3.05) is 12.3 Å². The molecular formula is C15H21N3O. The van der Waals surface area contributed by atoms with Crippen LogP contribution in [0.3, 0.4) is 0 Å². The summed E-state index contributed by atoms with van der Waals surface area (Å²) in [5, 5.41) is 0. The van der Waals surface area contributed by atoms with Gasteiger partial charge in [0.15, 0.2) is 0 Å². The molecule has 1 saturated carbocycles. The molecule has 2 N–H and O–H groups in total. The largest absolute Gasteiger partial charge is 0.399 e. The van der Waals surface area contributed by atoms with E-state index in [4.69, 9.17) is 10.5 Å². The molecule has 0 radical (unpaired) electrons. The van der Waals surface area contributed by atoms with Crippen LogP contribution in [0, 0.1) is 6.92 Å². The minimum Gasteiger partial charge on any atom is -0.399 e. The number of nitrogens with two attached hydrogens (primary N) is 1. The standard InChI is InChI=1S/C15H21N3O/c1-11-17-14-10-12(16)6-7-15(14)18(11)8-9-19-13-4-2-3-5-13/h6-7,10,13H,2-5,8-9,16H2,1H3. The molecule has 19 heavy (non-hydrogen) atoms. The molecule has 0 spiro atoms. The number of aromatic nitrogens is 2. The number of nitrogens with zero attached hydrogens (tertiary/aromatic N) is 2. The van der Waals surface area contributed by atoms with Gasteiger partial charge in [-0.15, -0.1) is 0 Å². The van der Waals surface area contributed by atoms with Gasteiger partial charge in [-0.25, -0.2) is 4.98 Å². The van der Waals surface area contributed by atoms with E-state index in [1.807, 2.05) is 25.1 Å². The monoisotopic (exact) mass is 259 g/mol. The van der Waals surface area contributed by atoms with Crippen LogP contribution in [-0.4, -0.2) is 22.3 Å². The van der Waals surface area contributed by atoms with Crippen molar-refractivity contribution in [2.45, 2.75) is 45.3 Å². The van der Waals surface area contributed by atoms with Crippen LogP contribution in [0.25, 0.3) is 11.0 Å². The average Bonchev–Trinajstić information content (AvgIpc) is 2.98. The minimum atomic E-state index is 0.478. The molecule has 1 aliphatic carbocycles. The zero-order valence-corrected chi connectivity index (χ0v) is 11.4. The first kappa shape index (κ1) is 12.5. The van der Waals surface area contributed by atoms with Crippen LogP contribution in [0.1, 0.15) is 31.5 Å². The molecule has 0 amide bonds. The summed E-state index contributed by atoms with van der Waals surface area (Å²) in [6.07, 6.45) is 5.56. The van der Waals surface area contributed by atoms with Crippen LogP contribution in [0.2, 0.25) is 0 Å². The molecule has 3 rings (SSSR count). The highest BCUT2D eigenvalue weighted by molar-refractivity contribution is 5.79. The van der Waals surface area contributed by atoms with E-state index in [0.29, 0.717) is 6.10 Å². The SMILES string of the molecule is Cc1nc2cc(N)ccc2n1CCOC1CCCC1. The molecule has 1 heterocycles. The number of nitrogen functional groups attached to an aromatic ring is 1. The maximum absolute atomic E-state index is 5.93. The van der Waals surface area contributed by atoms with Gasteiger partial charge in [0.1, 0.15) is 5.82 Å². The first-order chi connectivity index (χ1) is 9.24. The van der Waals surface area contributed by atoms with Crippen molar-refractivity contribution >= 4 is 16.7 Å². The van der Waals surface area contributed by atoms with Crippen LogP contribution < -0.4 is 5.73 Å². The van der Waals surface area contributed by atoms with E-state index in [2.05, 4.69) is 9.55 Å². The van der Waals surface area contributed by atoms with E-state index in [-0.39, 0.29) is 0 Å². The summed E-state index contributed by atoms with van der Waals surface area (Å²) in [4.78, 5) is 4.55. The third kappa shape index (κ3) is 2.59. The zero-order valence-electron chi connectivity index (χ0n) is 11.4. The van der Waals surface area contributed by atoms with Gasteiger partial charge in [-0.1, -0.05) is 12.8 Å². The van der Waals surface area contributed by atoms with Crippen LogP contribution in [0.4, 0.5) is 5.69 Å². The number of aryl methyl sites for hydroxylation is 1. The number of fused-ring (bicyclic) bond motifs is 1. The highest BCUT2D eigenvalue weighted by Gasteiger charge is 2.15. The van der Waals surface area contributed by atoms with Gasteiger partial charge in [0.2, 0.25) is 0 Å². The third-order valence-corrected chi connectivity index (χ3v) is 3.93. The van der Waals surface area contributed by atoms with Gasteiger partial charge < -0.3 is 15.0 Å². The smallest absolute Gasteiger partial charge is 0.106 e. The van der Waals surface area contributed by atoms with E-state index in [1.54, 1.807) is 0 Å². The topological polar surface area (TPSA) is 53.1 Å². The Morgan fingerprint density at radius 3 is 2.95 bits per heavy atom. The van der Waals surface area contributed by atoms with Crippen LogP contribution >= 0.6 is 0 Å². The summed E-state index contributed by atoms with van der Waals surface area (Å²) in [6, 6.07) is 5.90. The van der Waals surface area contributed by atoms with Crippen molar-refractivity contribution in [1.82, 2.24) is 9.55 Å². The molecule has 1 aliphatic rings. The van der Waals surface area contributed by atoms with Crippen molar-refractivity contribution in [3.05, 3.63) is 24.0 Å². The molecule has 2 aromatic rings. The Kier molecular flexibility index (Phi) is 3.42. The molecule has 0 unspecified atom stereocenters. The van der Waals surface area contributed by atoms with E-state index in [1.165, 1.54) is 25.7 Å². The molecule has 0 atom stereocenters. The number of hydrogen-bond acceptors (Lipinski definition) is 3. The van der Waals surface area contributed by atoms with E-state index >= 15 is 0 Å². The Morgan fingerprint density at radius 2 is 2.16 bits per heavy atom. The van der Waals surface area contributed by atoms with E-state index in [9.17, 15) is 0 Å². The number of hydrogen-bond donors (Lipinski definition) is 1. The lowest BCUT2D eigenvalue weighted by molar-refractivity contribution is 0.0532. The molecule has 0 saturated heterocycles. The maximum Gasteiger partial charge on any atom is 0.106 e. The lowest BCUT2D eigenvalue weighted by Crippen LogP contribution is -2.13. The summed E-state index contributed by atoms with van der Waals surface area (Å²) < 4.78 is 8.14. The van der Waals surface area contributed by atoms with Gasteiger partial charge in [-0.3, -0.25) is 0 Å². The second-order valence-electron chi connectivity index (χ2n) is 5.34. The Hall–Kier alpha value is -1.55. The summed E-state index contributed by atoms with van der Waals surface area (Å²) in [5.74, 6) is 1.02. The number of imidazole rings is 1. The van der Waals surface area contributed by atoms with Crippen molar-refractivity contribution in [2.24, 2.45) is 0 Å². The lowest BCUT2D eigenvalue weighted by Gasteiger charge is -2.12.